The first-order valence-electron chi connectivity index (χ1n) is 5.97. The van der Waals surface area contributed by atoms with Crippen LogP contribution >= 0.6 is 0 Å². The summed E-state index contributed by atoms with van der Waals surface area (Å²) in [7, 11) is 0. The zero-order valence-corrected chi connectivity index (χ0v) is 10.0. The number of rotatable bonds is 3. The minimum absolute atomic E-state index is 0.0412. The smallest absolute Gasteiger partial charge is 0.254 e. The molecule has 94 valence electrons. The molecule has 1 aliphatic carbocycles. The molecule has 0 aliphatic heterocycles. The summed E-state index contributed by atoms with van der Waals surface area (Å²) >= 11 is 0. The van der Waals surface area contributed by atoms with Crippen LogP contribution < -0.4 is 11.1 Å². The van der Waals surface area contributed by atoms with Crippen molar-refractivity contribution in [1.29, 1.82) is 0 Å². The standard InChI is InChI=1S/C14H15FN2O/c15-13-6-5-10(2-1-7-16)8-12(13)14(18)17-9-11-3-4-11/h5-6,8,11H,3-4,7,9,16H2,(H,17,18). The van der Waals surface area contributed by atoms with Crippen molar-refractivity contribution in [1.82, 2.24) is 5.32 Å². The molecule has 0 unspecified atom stereocenters. The van der Waals surface area contributed by atoms with Crippen molar-refractivity contribution in [3.8, 4) is 11.8 Å². The molecule has 3 N–H and O–H groups in total. The van der Waals surface area contributed by atoms with E-state index in [2.05, 4.69) is 17.2 Å². The molecule has 18 heavy (non-hydrogen) atoms. The van der Waals surface area contributed by atoms with Crippen molar-refractivity contribution in [2.24, 2.45) is 11.7 Å². The van der Waals surface area contributed by atoms with Crippen molar-refractivity contribution in [3.63, 3.8) is 0 Å². The Balaban J connectivity index is 2.11. The van der Waals surface area contributed by atoms with Gasteiger partial charge in [-0.05, 0) is 37.0 Å². The van der Waals surface area contributed by atoms with Crippen molar-refractivity contribution >= 4 is 5.91 Å². The number of carbonyl (C=O) groups excluding carboxylic acids is 1. The van der Waals surface area contributed by atoms with Crippen molar-refractivity contribution in [2.45, 2.75) is 12.8 Å². The van der Waals surface area contributed by atoms with Gasteiger partial charge in [0.15, 0.2) is 0 Å². The lowest BCUT2D eigenvalue weighted by molar-refractivity contribution is 0.0947. The minimum Gasteiger partial charge on any atom is -0.352 e. The quantitative estimate of drug-likeness (QED) is 0.789. The fourth-order valence-electron chi connectivity index (χ4n) is 1.58. The van der Waals surface area contributed by atoms with Gasteiger partial charge in [0.25, 0.3) is 5.91 Å². The normalized spacial score (nSPS) is 13.7. The molecule has 0 bridgehead atoms. The Kier molecular flexibility index (Phi) is 3.96. The Bertz CT molecular complexity index is 512. The number of benzene rings is 1. The van der Waals surface area contributed by atoms with E-state index in [4.69, 9.17) is 5.73 Å². The molecule has 0 aromatic heterocycles. The third-order valence-electron chi connectivity index (χ3n) is 2.79. The minimum atomic E-state index is -0.526. The summed E-state index contributed by atoms with van der Waals surface area (Å²) < 4.78 is 13.5. The second-order valence-electron chi connectivity index (χ2n) is 4.35. The molecule has 1 aliphatic rings. The number of hydrogen-bond donors (Lipinski definition) is 2. The molecular formula is C14H15FN2O. The van der Waals surface area contributed by atoms with Crippen molar-refractivity contribution in [3.05, 3.63) is 35.1 Å². The van der Waals surface area contributed by atoms with E-state index in [-0.39, 0.29) is 18.0 Å². The van der Waals surface area contributed by atoms with Crippen LogP contribution in [0.4, 0.5) is 4.39 Å². The SMILES string of the molecule is NCC#Cc1ccc(F)c(C(=O)NCC2CC2)c1. The van der Waals surface area contributed by atoms with Gasteiger partial charge in [-0.3, -0.25) is 4.79 Å². The monoisotopic (exact) mass is 246 g/mol. The van der Waals surface area contributed by atoms with Gasteiger partial charge in [0.05, 0.1) is 12.1 Å². The number of nitrogens with one attached hydrogen (secondary N) is 1. The lowest BCUT2D eigenvalue weighted by Gasteiger charge is -2.05. The second kappa shape index (κ2) is 5.65. The van der Waals surface area contributed by atoms with Crippen LogP contribution in [0, 0.1) is 23.6 Å². The summed E-state index contributed by atoms with van der Waals surface area (Å²) in [6.07, 6.45) is 2.29. The van der Waals surface area contributed by atoms with E-state index >= 15 is 0 Å². The van der Waals surface area contributed by atoms with E-state index in [0.29, 0.717) is 18.0 Å². The number of nitrogens with two attached hydrogens (primary N) is 1. The van der Waals surface area contributed by atoms with Gasteiger partial charge in [-0.1, -0.05) is 11.8 Å². The van der Waals surface area contributed by atoms with E-state index in [1.807, 2.05) is 0 Å². The third kappa shape index (κ3) is 3.31. The predicted molar refractivity (Wildman–Crippen MR) is 67.4 cm³/mol. The molecule has 0 radical (unpaired) electrons. The van der Waals surface area contributed by atoms with Crippen LogP contribution in [-0.2, 0) is 0 Å². The van der Waals surface area contributed by atoms with Gasteiger partial charge in [-0.15, -0.1) is 0 Å². The molecule has 0 saturated heterocycles. The molecule has 4 heteroatoms. The zero-order valence-electron chi connectivity index (χ0n) is 10.0. The summed E-state index contributed by atoms with van der Waals surface area (Å²) in [4.78, 5) is 11.8. The molecular weight excluding hydrogens is 231 g/mol. The first kappa shape index (κ1) is 12.6. The van der Waals surface area contributed by atoms with Crippen molar-refractivity contribution < 1.29 is 9.18 Å². The van der Waals surface area contributed by atoms with E-state index in [1.165, 1.54) is 18.2 Å². The Morgan fingerprint density at radius 1 is 1.50 bits per heavy atom. The number of carbonyl (C=O) groups is 1. The maximum Gasteiger partial charge on any atom is 0.254 e. The molecule has 1 aromatic carbocycles. The highest BCUT2D eigenvalue weighted by Crippen LogP contribution is 2.27. The van der Waals surface area contributed by atoms with Crippen molar-refractivity contribution in [2.75, 3.05) is 13.1 Å². The van der Waals surface area contributed by atoms with Crippen LogP contribution in [0.25, 0.3) is 0 Å². The van der Waals surface area contributed by atoms with Crippen LogP contribution in [0.5, 0.6) is 0 Å². The number of hydrogen-bond acceptors (Lipinski definition) is 2. The second-order valence-corrected chi connectivity index (χ2v) is 4.35. The van der Waals surface area contributed by atoms with E-state index in [0.717, 1.165) is 12.8 Å². The molecule has 1 fully saturated rings. The molecule has 0 spiro atoms. The molecule has 3 nitrogen and oxygen atoms in total. The maximum absolute atomic E-state index is 13.5. The van der Waals surface area contributed by atoms with Gasteiger partial charge in [-0.25, -0.2) is 4.39 Å². The fourth-order valence-corrected chi connectivity index (χ4v) is 1.58. The molecule has 1 aromatic rings. The highest BCUT2D eigenvalue weighted by atomic mass is 19.1. The molecule has 1 saturated carbocycles. The highest BCUT2D eigenvalue weighted by molar-refractivity contribution is 5.94. The first-order chi connectivity index (χ1) is 8.70. The van der Waals surface area contributed by atoms with Crippen LogP contribution in [0.3, 0.4) is 0 Å². The molecule has 0 heterocycles. The van der Waals surface area contributed by atoms with Gasteiger partial charge < -0.3 is 11.1 Å². The van der Waals surface area contributed by atoms with E-state index in [1.54, 1.807) is 0 Å². The summed E-state index contributed by atoms with van der Waals surface area (Å²) in [6.45, 7) is 0.859. The average molecular weight is 246 g/mol. The van der Waals surface area contributed by atoms with Crippen LogP contribution in [0.1, 0.15) is 28.8 Å². The maximum atomic E-state index is 13.5. The Labute approximate surface area is 106 Å². The Hall–Kier alpha value is -1.86. The third-order valence-corrected chi connectivity index (χ3v) is 2.79. The average Bonchev–Trinajstić information content (AvgIpc) is 3.19. The summed E-state index contributed by atoms with van der Waals surface area (Å²) in [5.74, 6) is 5.12. The Morgan fingerprint density at radius 2 is 2.28 bits per heavy atom. The van der Waals surface area contributed by atoms with Gasteiger partial charge in [0, 0.05) is 12.1 Å². The van der Waals surface area contributed by atoms with E-state index in [9.17, 15) is 9.18 Å². The summed E-state index contributed by atoms with van der Waals surface area (Å²) in [5, 5.41) is 2.73. The first-order valence-corrected chi connectivity index (χ1v) is 5.97. The van der Waals surface area contributed by atoms with Gasteiger partial charge in [-0.2, -0.15) is 0 Å². The molecule has 0 atom stereocenters. The van der Waals surface area contributed by atoms with E-state index < -0.39 is 5.82 Å². The summed E-state index contributed by atoms with van der Waals surface area (Å²) in [5.41, 5.74) is 5.90. The number of halogens is 1. The fraction of sp³-hybridized carbons (Fsp3) is 0.357. The topological polar surface area (TPSA) is 55.1 Å². The van der Waals surface area contributed by atoms with Crippen LogP contribution in [0.2, 0.25) is 0 Å². The lowest BCUT2D eigenvalue weighted by atomic mass is 10.1. The van der Waals surface area contributed by atoms with Gasteiger partial charge in [0.1, 0.15) is 5.82 Å². The number of amides is 1. The van der Waals surface area contributed by atoms with Gasteiger partial charge >= 0.3 is 0 Å². The summed E-state index contributed by atoms with van der Waals surface area (Å²) in [6, 6.07) is 4.25. The zero-order chi connectivity index (χ0) is 13.0. The van der Waals surface area contributed by atoms with Crippen LogP contribution in [0.15, 0.2) is 18.2 Å². The lowest BCUT2D eigenvalue weighted by Crippen LogP contribution is -2.26. The Morgan fingerprint density at radius 3 is 2.94 bits per heavy atom. The largest absolute Gasteiger partial charge is 0.352 e. The molecule has 1 amide bonds. The predicted octanol–water partition coefficient (Wildman–Crippen LogP) is 1.28. The van der Waals surface area contributed by atoms with Crippen LogP contribution in [-0.4, -0.2) is 19.0 Å². The molecule has 2 rings (SSSR count). The highest BCUT2D eigenvalue weighted by Gasteiger charge is 2.22. The van der Waals surface area contributed by atoms with Gasteiger partial charge in [0.2, 0.25) is 0 Å².